The van der Waals surface area contributed by atoms with Gasteiger partial charge in [0.1, 0.15) is 0 Å². The van der Waals surface area contributed by atoms with Crippen molar-refractivity contribution < 1.29 is 0 Å². The second-order valence-electron chi connectivity index (χ2n) is 4.06. The molecule has 0 aliphatic heterocycles. The third-order valence-electron chi connectivity index (χ3n) is 2.81. The Balaban J connectivity index is 1.91. The van der Waals surface area contributed by atoms with Gasteiger partial charge in [-0.1, -0.05) is 41.9 Å². The van der Waals surface area contributed by atoms with Crippen LogP contribution in [-0.4, -0.2) is 15.2 Å². The Kier molecular flexibility index (Phi) is 3.25. The Bertz CT molecular complexity index is 700. The molecule has 94 valence electrons. The van der Waals surface area contributed by atoms with E-state index in [-0.39, 0.29) is 0 Å². The molecule has 19 heavy (non-hydrogen) atoms. The Morgan fingerprint density at radius 1 is 0.947 bits per heavy atom. The Morgan fingerprint density at radius 2 is 1.74 bits per heavy atom. The Morgan fingerprint density at radius 3 is 2.53 bits per heavy atom. The highest BCUT2D eigenvalue weighted by Crippen LogP contribution is 2.25. The molecule has 0 fully saturated rings. The molecule has 0 amide bonds. The quantitative estimate of drug-likeness (QED) is 0.793. The third kappa shape index (κ3) is 2.48. The van der Waals surface area contributed by atoms with E-state index in [0.29, 0.717) is 17.5 Å². The maximum absolute atomic E-state index is 6.03. The topological polar surface area (TPSA) is 50.7 Å². The van der Waals surface area contributed by atoms with Gasteiger partial charge < -0.3 is 5.32 Å². The molecule has 1 aromatic carbocycles. The molecular weight excluding hydrogens is 260 g/mol. The number of rotatable bonds is 3. The van der Waals surface area contributed by atoms with Crippen molar-refractivity contribution in [3.05, 3.63) is 59.5 Å². The lowest BCUT2D eigenvalue weighted by molar-refractivity contribution is 0.990. The smallest absolute Gasteiger partial charge is 0.159 e. The van der Waals surface area contributed by atoms with Gasteiger partial charge in [0.2, 0.25) is 0 Å². The molecule has 4 nitrogen and oxygen atoms in total. The number of halogens is 1. The highest BCUT2D eigenvalue weighted by molar-refractivity contribution is 6.34. The van der Waals surface area contributed by atoms with Gasteiger partial charge in [-0.3, -0.25) is 4.98 Å². The van der Waals surface area contributed by atoms with E-state index < -0.39 is 0 Å². The number of fused-ring (bicyclic) bond motifs is 1. The van der Waals surface area contributed by atoms with Gasteiger partial charge >= 0.3 is 0 Å². The minimum Gasteiger partial charge on any atom is -0.362 e. The number of nitrogens with zero attached hydrogens (tertiary/aromatic N) is 3. The predicted octanol–water partition coefficient (Wildman–Crippen LogP) is 3.29. The van der Waals surface area contributed by atoms with Crippen molar-refractivity contribution in [3.8, 4) is 0 Å². The highest BCUT2D eigenvalue weighted by atomic mass is 35.5. The van der Waals surface area contributed by atoms with Gasteiger partial charge in [-0.2, -0.15) is 0 Å². The van der Waals surface area contributed by atoms with E-state index >= 15 is 0 Å². The number of benzene rings is 1. The largest absolute Gasteiger partial charge is 0.362 e. The first-order valence-electron chi connectivity index (χ1n) is 5.89. The number of nitrogens with one attached hydrogen (secondary N) is 1. The lowest BCUT2D eigenvalue weighted by Gasteiger charge is -2.08. The molecule has 2 heterocycles. The lowest BCUT2D eigenvalue weighted by Crippen LogP contribution is -2.04. The van der Waals surface area contributed by atoms with Crippen LogP contribution in [0.4, 0.5) is 5.82 Å². The summed E-state index contributed by atoms with van der Waals surface area (Å²) in [6.45, 7) is 0.598. The van der Waals surface area contributed by atoms with Crippen molar-refractivity contribution >= 4 is 28.2 Å². The Labute approximate surface area is 115 Å². The highest BCUT2D eigenvalue weighted by Gasteiger charge is 2.06. The third-order valence-corrected chi connectivity index (χ3v) is 3.08. The maximum Gasteiger partial charge on any atom is 0.159 e. The molecule has 0 aliphatic carbocycles. The second kappa shape index (κ2) is 5.20. The molecule has 5 heteroatoms. The molecule has 2 aromatic heterocycles. The summed E-state index contributed by atoms with van der Waals surface area (Å²) in [4.78, 5) is 4.25. The van der Waals surface area contributed by atoms with Crippen molar-refractivity contribution in [2.24, 2.45) is 0 Å². The number of anilines is 1. The maximum atomic E-state index is 6.03. The monoisotopic (exact) mass is 270 g/mol. The average Bonchev–Trinajstić information content (AvgIpc) is 2.48. The molecular formula is C14H11ClN4. The van der Waals surface area contributed by atoms with Crippen molar-refractivity contribution in [2.45, 2.75) is 6.54 Å². The first-order valence-corrected chi connectivity index (χ1v) is 6.27. The molecule has 0 saturated carbocycles. The van der Waals surface area contributed by atoms with Crippen molar-refractivity contribution in [1.82, 2.24) is 15.2 Å². The number of hydrogen-bond acceptors (Lipinski definition) is 4. The summed E-state index contributed by atoms with van der Waals surface area (Å²) in [7, 11) is 0. The van der Waals surface area contributed by atoms with Crippen LogP contribution in [0.3, 0.4) is 0 Å². The minimum atomic E-state index is 0.416. The average molecular weight is 271 g/mol. The van der Waals surface area contributed by atoms with Crippen LogP contribution in [0.1, 0.15) is 5.69 Å². The summed E-state index contributed by atoms with van der Waals surface area (Å²) < 4.78 is 0. The molecule has 3 rings (SSSR count). The van der Waals surface area contributed by atoms with E-state index in [0.717, 1.165) is 16.5 Å². The molecule has 0 atom stereocenters. The first-order chi connectivity index (χ1) is 9.34. The summed E-state index contributed by atoms with van der Waals surface area (Å²) in [5.41, 5.74) is 0.948. The summed E-state index contributed by atoms with van der Waals surface area (Å²) >= 11 is 6.03. The number of hydrogen-bond donors (Lipinski definition) is 1. The van der Waals surface area contributed by atoms with Gasteiger partial charge in [0.05, 0.1) is 12.2 Å². The summed E-state index contributed by atoms with van der Waals surface area (Å²) in [6, 6.07) is 13.6. The number of aromatic nitrogens is 3. The van der Waals surface area contributed by atoms with E-state index in [1.807, 2.05) is 42.5 Å². The van der Waals surface area contributed by atoms with Crippen molar-refractivity contribution in [3.63, 3.8) is 0 Å². The summed E-state index contributed by atoms with van der Waals surface area (Å²) in [5.74, 6) is 0.714. The molecule has 1 N–H and O–H groups in total. The van der Waals surface area contributed by atoms with Crippen molar-refractivity contribution in [2.75, 3.05) is 5.32 Å². The van der Waals surface area contributed by atoms with Crippen LogP contribution >= 0.6 is 11.6 Å². The molecule has 0 radical (unpaired) electrons. The van der Waals surface area contributed by atoms with Crippen LogP contribution in [0, 0.1) is 0 Å². The van der Waals surface area contributed by atoms with Crippen LogP contribution in [0.15, 0.2) is 48.7 Å². The van der Waals surface area contributed by atoms with Gasteiger partial charge in [0.15, 0.2) is 11.0 Å². The SMILES string of the molecule is Clc1nnc(NCc2ccccn2)c2ccccc12. The standard InChI is InChI=1S/C14H11ClN4/c15-13-11-6-1-2-7-12(11)14(19-18-13)17-9-10-5-3-4-8-16-10/h1-8H,9H2,(H,17,19). The normalized spacial score (nSPS) is 10.6. The van der Waals surface area contributed by atoms with Gasteiger partial charge in [-0.05, 0) is 12.1 Å². The van der Waals surface area contributed by atoms with Crippen LogP contribution in [0.2, 0.25) is 5.15 Å². The van der Waals surface area contributed by atoms with Crippen molar-refractivity contribution in [1.29, 1.82) is 0 Å². The zero-order chi connectivity index (χ0) is 13.1. The van der Waals surface area contributed by atoms with Gasteiger partial charge in [0, 0.05) is 17.0 Å². The molecule has 0 saturated heterocycles. The molecule has 0 spiro atoms. The predicted molar refractivity (Wildman–Crippen MR) is 76.1 cm³/mol. The van der Waals surface area contributed by atoms with Gasteiger partial charge in [-0.15, -0.1) is 10.2 Å². The zero-order valence-electron chi connectivity index (χ0n) is 10.0. The minimum absolute atomic E-state index is 0.416. The van der Waals surface area contributed by atoms with Crippen LogP contribution in [0.5, 0.6) is 0 Å². The van der Waals surface area contributed by atoms with Crippen LogP contribution in [-0.2, 0) is 6.54 Å². The van der Waals surface area contributed by atoms with E-state index in [1.165, 1.54) is 0 Å². The van der Waals surface area contributed by atoms with E-state index in [1.54, 1.807) is 6.20 Å². The fourth-order valence-electron chi connectivity index (χ4n) is 1.88. The van der Waals surface area contributed by atoms with Gasteiger partial charge in [0.25, 0.3) is 0 Å². The molecule has 0 bridgehead atoms. The zero-order valence-corrected chi connectivity index (χ0v) is 10.8. The molecule has 3 aromatic rings. The molecule has 0 unspecified atom stereocenters. The van der Waals surface area contributed by atoms with Crippen LogP contribution < -0.4 is 5.32 Å². The van der Waals surface area contributed by atoms with E-state index in [2.05, 4.69) is 20.5 Å². The summed E-state index contributed by atoms with van der Waals surface area (Å²) in [5, 5.41) is 13.6. The second-order valence-corrected chi connectivity index (χ2v) is 4.42. The fourth-order valence-corrected chi connectivity index (χ4v) is 2.08. The van der Waals surface area contributed by atoms with Crippen LogP contribution in [0.25, 0.3) is 10.8 Å². The Hall–Kier alpha value is -2.20. The first kappa shape index (κ1) is 11.9. The van der Waals surface area contributed by atoms with Gasteiger partial charge in [-0.25, -0.2) is 0 Å². The number of pyridine rings is 1. The lowest BCUT2D eigenvalue weighted by atomic mass is 10.2. The van der Waals surface area contributed by atoms with E-state index in [4.69, 9.17) is 11.6 Å². The summed E-state index contributed by atoms with van der Waals surface area (Å²) in [6.07, 6.45) is 1.77. The molecule has 0 aliphatic rings. The van der Waals surface area contributed by atoms with E-state index in [9.17, 15) is 0 Å². The fraction of sp³-hybridized carbons (Fsp3) is 0.0714.